The molecule has 0 aromatic carbocycles. The second kappa shape index (κ2) is 3.14. The smallest absolute Gasteiger partial charge is 0.279 e. The maximum atomic E-state index is 11.5. The number of hydrogen-bond donors (Lipinski definition) is 0. The average Bonchev–Trinajstić information content (AvgIpc) is 1.82. The van der Waals surface area contributed by atoms with Crippen LogP contribution in [0.25, 0.3) is 0 Å². The molecule has 8 heteroatoms. The summed E-state index contributed by atoms with van der Waals surface area (Å²) in [6, 6.07) is 0. The van der Waals surface area contributed by atoms with E-state index in [4.69, 9.17) is 0 Å². The number of allylic oxidation sites excluding steroid dienone is 1. The summed E-state index contributed by atoms with van der Waals surface area (Å²) in [5, 5.41) is 0. The zero-order chi connectivity index (χ0) is 9.23. The van der Waals surface area contributed by atoms with Gasteiger partial charge in [0.15, 0.2) is 5.73 Å². The van der Waals surface area contributed by atoms with Crippen LogP contribution in [-0.2, 0) is 0 Å². The van der Waals surface area contributed by atoms with Gasteiger partial charge in [-0.05, 0) is 0 Å². The normalized spacial score (nSPS) is 14.5. The molecule has 0 spiro atoms. The molecule has 0 fully saturated rings. The Hall–Kier alpha value is -0.685. The third kappa shape index (κ3) is 2.81. The molecular formula is C3BF7. The molecule has 0 saturated heterocycles. The molecule has 0 amide bonds. The number of alkyl halides is 3. The first-order chi connectivity index (χ1) is 4.76. The predicted molar refractivity (Wildman–Crippen MR) is 23.3 cm³/mol. The van der Waals surface area contributed by atoms with E-state index in [1.54, 1.807) is 0 Å². The van der Waals surface area contributed by atoms with Crippen LogP contribution >= 0.6 is 0 Å². The summed E-state index contributed by atoms with van der Waals surface area (Å²) >= 11 is 0. The van der Waals surface area contributed by atoms with Gasteiger partial charge < -0.3 is 0 Å². The zero-order valence-electron chi connectivity index (χ0n) is 4.72. The Kier molecular flexibility index (Phi) is 2.95. The molecule has 0 saturated carbocycles. The molecule has 0 bridgehead atoms. The first-order valence-electron chi connectivity index (χ1n) is 2.17. The van der Waals surface area contributed by atoms with Gasteiger partial charge in [0.2, 0.25) is 5.83 Å². The van der Waals surface area contributed by atoms with Crippen molar-refractivity contribution in [2.75, 3.05) is 0 Å². The van der Waals surface area contributed by atoms with Gasteiger partial charge in [-0.15, -0.1) is 0 Å². The van der Waals surface area contributed by atoms with Crippen LogP contribution in [0.2, 0.25) is 0 Å². The molecule has 0 atom stereocenters. The van der Waals surface area contributed by atoms with Gasteiger partial charge in [-0.25, -0.2) is 4.39 Å². The van der Waals surface area contributed by atoms with Crippen molar-refractivity contribution in [3.63, 3.8) is 0 Å². The SMILES string of the molecule is FB(F)/C(F)=C(\F)C(F)(F)F. The lowest BCUT2D eigenvalue weighted by Gasteiger charge is -2.02. The van der Waals surface area contributed by atoms with Gasteiger partial charge in [0.05, 0.1) is 0 Å². The predicted octanol–water partition coefficient (Wildman–Crippen LogP) is 2.67. The summed E-state index contributed by atoms with van der Waals surface area (Å²) in [5.41, 5.74) is -3.09. The van der Waals surface area contributed by atoms with Crippen LogP contribution in [0.5, 0.6) is 0 Å². The van der Waals surface area contributed by atoms with Gasteiger partial charge in [-0.1, -0.05) is 0 Å². The first kappa shape index (κ1) is 10.3. The number of halogens is 7. The molecular weight excluding hydrogens is 180 g/mol. The summed E-state index contributed by atoms with van der Waals surface area (Å²) in [6.45, 7) is 0. The highest BCUT2D eigenvalue weighted by Crippen LogP contribution is 2.30. The molecule has 11 heavy (non-hydrogen) atoms. The van der Waals surface area contributed by atoms with Crippen molar-refractivity contribution in [1.29, 1.82) is 0 Å². The van der Waals surface area contributed by atoms with Gasteiger partial charge in [-0.3, -0.25) is 8.63 Å². The second-order valence-electron chi connectivity index (χ2n) is 1.46. The van der Waals surface area contributed by atoms with Crippen LogP contribution in [0, 0.1) is 0 Å². The van der Waals surface area contributed by atoms with E-state index < -0.39 is 25.0 Å². The lowest BCUT2D eigenvalue weighted by atomic mass is 9.96. The fourth-order valence-electron chi connectivity index (χ4n) is 0.231. The molecule has 0 nitrogen and oxygen atoms in total. The minimum Gasteiger partial charge on any atom is -0.279 e. The quantitative estimate of drug-likeness (QED) is 0.429. The highest BCUT2D eigenvalue weighted by atomic mass is 19.4. The van der Waals surface area contributed by atoms with E-state index in [1.165, 1.54) is 0 Å². The molecule has 0 radical (unpaired) electrons. The van der Waals surface area contributed by atoms with Crippen molar-refractivity contribution in [3.05, 3.63) is 11.6 Å². The summed E-state index contributed by atoms with van der Waals surface area (Å²) in [7, 11) is -4.07. The molecule has 0 N–H and O–H groups in total. The maximum Gasteiger partial charge on any atom is 0.604 e. The monoisotopic (exact) mass is 180 g/mol. The third-order valence-corrected chi connectivity index (χ3v) is 0.650. The van der Waals surface area contributed by atoms with Gasteiger partial charge in [-0.2, -0.15) is 17.6 Å². The Labute approximate surface area is 56.9 Å². The molecule has 0 aliphatic heterocycles. The van der Waals surface area contributed by atoms with E-state index in [2.05, 4.69) is 0 Å². The van der Waals surface area contributed by atoms with Crippen molar-refractivity contribution < 1.29 is 30.6 Å². The average molecular weight is 180 g/mol. The Balaban J connectivity index is 4.67. The van der Waals surface area contributed by atoms with Crippen molar-refractivity contribution in [2.24, 2.45) is 0 Å². The van der Waals surface area contributed by atoms with Crippen molar-refractivity contribution in [1.82, 2.24) is 0 Å². The Morgan fingerprint density at radius 2 is 1.36 bits per heavy atom. The standard InChI is InChI=1S/C3BF7/c5-1(3(7,8)9)2(6)4(10)11/b2-1+. The lowest BCUT2D eigenvalue weighted by Crippen LogP contribution is -2.13. The molecule has 0 unspecified atom stereocenters. The maximum absolute atomic E-state index is 11.5. The van der Waals surface area contributed by atoms with Crippen LogP contribution in [0.3, 0.4) is 0 Å². The van der Waals surface area contributed by atoms with E-state index in [0.29, 0.717) is 0 Å². The van der Waals surface area contributed by atoms with Crippen LogP contribution in [0.1, 0.15) is 0 Å². The summed E-state index contributed by atoms with van der Waals surface area (Å²) in [6.07, 6.45) is -5.68. The van der Waals surface area contributed by atoms with Crippen LogP contribution < -0.4 is 0 Å². The fraction of sp³-hybridized carbons (Fsp3) is 0.333. The first-order valence-corrected chi connectivity index (χ1v) is 2.17. The number of rotatable bonds is 1. The Morgan fingerprint density at radius 3 is 1.45 bits per heavy atom. The van der Waals surface area contributed by atoms with E-state index in [0.717, 1.165) is 0 Å². The van der Waals surface area contributed by atoms with Gasteiger partial charge >= 0.3 is 13.4 Å². The van der Waals surface area contributed by atoms with Crippen molar-refractivity contribution >= 4 is 7.27 Å². The molecule has 0 aliphatic rings. The van der Waals surface area contributed by atoms with Gasteiger partial charge in [0.1, 0.15) is 0 Å². The minimum absolute atomic E-state index is 3.09. The van der Waals surface area contributed by atoms with E-state index in [9.17, 15) is 30.6 Å². The highest BCUT2D eigenvalue weighted by Gasteiger charge is 2.42. The second-order valence-corrected chi connectivity index (χ2v) is 1.46. The molecule has 0 aliphatic carbocycles. The summed E-state index contributed by atoms with van der Waals surface area (Å²) < 4.78 is 78.1. The van der Waals surface area contributed by atoms with Crippen LogP contribution in [0.4, 0.5) is 30.6 Å². The number of hydrogen-bond acceptors (Lipinski definition) is 0. The minimum atomic E-state index is -5.68. The van der Waals surface area contributed by atoms with E-state index >= 15 is 0 Å². The topological polar surface area (TPSA) is 0 Å². The highest BCUT2D eigenvalue weighted by molar-refractivity contribution is 6.51. The summed E-state index contributed by atoms with van der Waals surface area (Å²) in [5.74, 6) is -3.38. The Morgan fingerprint density at radius 1 is 1.00 bits per heavy atom. The van der Waals surface area contributed by atoms with Crippen LogP contribution in [-0.4, -0.2) is 13.4 Å². The largest absolute Gasteiger partial charge is 0.604 e. The lowest BCUT2D eigenvalue weighted by molar-refractivity contribution is -0.110. The van der Waals surface area contributed by atoms with E-state index in [-0.39, 0.29) is 0 Å². The van der Waals surface area contributed by atoms with Gasteiger partial charge in [0, 0.05) is 0 Å². The molecule has 64 valence electrons. The summed E-state index contributed by atoms with van der Waals surface area (Å²) in [4.78, 5) is 0. The molecule has 0 aromatic rings. The third-order valence-electron chi connectivity index (χ3n) is 0.650. The zero-order valence-corrected chi connectivity index (χ0v) is 4.72. The van der Waals surface area contributed by atoms with Crippen LogP contribution in [0.15, 0.2) is 11.6 Å². The fourth-order valence-corrected chi connectivity index (χ4v) is 0.231. The Bertz CT molecular complexity index is 167. The molecule has 0 aromatic heterocycles. The van der Waals surface area contributed by atoms with E-state index in [1.807, 2.05) is 0 Å². The molecule has 0 heterocycles. The molecule has 0 rings (SSSR count). The van der Waals surface area contributed by atoms with Crippen molar-refractivity contribution in [3.8, 4) is 0 Å². The van der Waals surface area contributed by atoms with Crippen molar-refractivity contribution in [2.45, 2.75) is 6.18 Å². The van der Waals surface area contributed by atoms with Gasteiger partial charge in [0.25, 0.3) is 0 Å².